The van der Waals surface area contributed by atoms with Crippen molar-refractivity contribution in [2.75, 3.05) is 7.05 Å². The number of hydrogen-bond acceptors (Lipinski definition) is 4. The minimum atomic E-state index is -0.980. The summed E-state index contributed by atoms with van der Waals surface area (Å²) in [7, 11) is 1.72. The summed E-state index contributed by atoms with van der Waals surface area (Å²) in [6, 6.07) is 5.32. The third kappa shape index (κ3) is 4.25. The van der Waals surface area contributed by atoms with E-state index in [-0.39, 0.29) is 5.91 Å². The van der Waals surface area contributed by atoms with E-state index in [0.29, 0.717) is 12.1 Å². The van der Waals surface area contributed by atoms with Gasteiger partial charge in [0.25, 0.3) is 5.91 Å². The number of nitrogens with zero attached hydrogens (tertiary/aromatic N) is 2. The number of rotatable bonds is 5. The predicted molar refractivity (Wildman–Crippen MR) is 81.0 cm³/mol. The van der Waals surface area contributed by atoms with Crippen LogP contribution < -0.4 is 0 Å². The smallest absolute Gasteiger partial charge is 0.328 e. The van der Waals surface area contributed by atoms with Crippen molar-refractivity contribution < 1.29 is 14.7 Å². The fourth-order valence-electron chi connectivity index (χ4n) is 1.75. The van der Waals surface area contributed by atoms with Crippen molar-refractivity contribution >= 4 is 29.3 Å². The van der Waals surface area contributed by atoms with Gasteiger partial charge < -0.3 is 10.0 Å². The normalized spacial score (nSPS) is 10.7. The summed E-state index contributed by atoms with van der Waals surface area (Å²) in [5, 5.41) is 10.4. The Kier molecular flexibility index (Phi) is 4.84. The Morgan fingerprint density at radius 1 is 1.48 bits per heavy atom. The van der Waals surface area contributed by atoms with E-state index < -0.39 is 5.97 Å². The number of carbonyl (C=O) groups excluding carboxylic acids is 1. The van der Waals surface area contributed by atoms with Crippen LogP contribution in [-0.4, -0.2) is 33.9 Å². The van der Waals surface area contributed by atoms with Gasteiger partial charge in [-0.3, -0.25) is 9.78 Å². The average Bonchev–Trinajstić information content (AvgIpc) is 2.92. The van der Waals surface area contributed by atoms with Gasteiger partial charge in [0, 0.05) is 30.4 Å². The second-order valence-electron chi connectivity index (χ2n) is 4.42. The molecule has 2 aromatic rings. The molecule has 0 aliphatic carbocycles. The maximum absolute atomic E-state index is 12.2. The van der Waals surface area contributed by atoms with Gasteiger partial charge in [-0.2, -0.15) is 0 Å². The third-order valence-corrected chi connectivity index (χ3v) is 3.68. The van der Waals surface area contributed by atoms with E-state index in [4.69, 9.17) is 5.11 Å². The van der Waals surface area contributed by atoms with Gasteiger partial charge in [0.2, 0.25) is 0 Å². The van der Waals surface area contributed by atoms with Gasteiger partial charge in [0.1, 0.15) is 0 Å². The Morgan fingerprint density at radius 2 is 2.29 bits per heavy atom. The summed E-state index contributed by atoms with van der Waals surface area (Å²) in [4.78, 5) is 29.2. The number of pyridine rings is 1. The lowest BCUT2D eigenvalue weighted by Gasteiger charge is -2.15. The van der Waals surface area contributed by atoms with Gasteiger partial charge in [0.15, 0.2) is 0 Å². The Labute approximate surface area is 126 Å². The lowest BCUT2D eigenvalue weighted by molar-refractivity contribution is -0.131. The molecule has 0 radical (unpaired) electrons. The largest absolute Gasteiger partial charge is 0.478 e. The highest BCUT2D eigenvalue weighted by molar-refractivity contribution is 7.10. The summed E-state index contributed by atoms with van der Waals surface area (Å²) >= 11 is 1.49. The summed E-state index contributed by atoms with van der Waals surface area (Å²) < 4.78 is 0. The van der Waals surface area contributed by atoms with E-state index in [9.17, 15) is 9.59 Å². The zero-order valence-electron chi connectivity index (χ0n) is 11.4. The van der Waals surface area contributed by atoms with Crippen LogP contribution >= 0.6 is 11.3 Å². The first kappa shape index (κ1) is 14.9. The van der Waals surface area contributed by atoms with Gasteiger partial charge >= 0.3 is 5.97 Å². The number of hydrogen-bond donors (Lipinski definition) is 1. The highest BCUT2D eigenvalue weighted by Gasteiger charge is 2.12. The molecule has 2 aromatic heterocycles. The minimum absolute atomic E-state index is 0.0980. The molecule has 0 aliphatic rings. The van der Waals surface area contributed by atoms with Crippen LogP contribution in [0.2, 0.25) is 0 Å². The molecule has 0 saturated carbocycles. The molecule has 1 amide bonds. The van der Waals surface area contributed by atoms with Crippen molar-refractivity contribution in [2.24, 2.45) is 0 Å². The van der Waals surface area contributed by atoms with E-state index in [2.05, 4.69) is 4.98 Å². The summed E-state index contributed by atoms with van der Waals surface area (Å²) in [6.07, 6.45) is 5.78. The van der Waals surface area contributed by atoms with Crippen molar-refractivity contribution in [3.8, 4) is 0 Å². The van der Waals surface area contributed by atoms with Crippen molar-refractivity contribution in [1.82, 2.24) is 9.88 Å². The second-order valence-corrected chi connectivity index (χ2v) is 5.42. The standard InChI is InChI=1S/C15H14N2O3S/c1-17(15(20)12-3-2-6-16-8-12)9-13-7-11(10-21-13)4-5-14(18)19/h2-8,10H,9H2,1H3,(H,18,19). The predicted octanol–water partition coefficient (Wildman–Crippen LogP) is 2.51. The Morgan fingerprint density at radius 3 is 2.95 bits per heavy atom. The van der Waals surface area contributed by atoms with E-state index in [1.807, 2.05) is 11.4 Å². The number of carboxylic acids is 1. The molecule has 0 saturated heterocycles. The van der Waals surface area contributed by atoms with Crippen LogP contribution in [0.25, 0.3) is 6.08 Å². The minimum Gasteiger partial charge on any atom is -0.478 e. The fraction of sp³-hybridized carbons (Fsp3) is 0.133. The highest BCUT2D eigenvalue weighted by Crippen LogP contribution is 2.18. The van der Waals surface area contributed by atoms with Crippen LogP contribution in [0.5, 0.6) is 0 Å². The Balaban J connectivity index is 2.01. The SMILES string of the molecule is CN(Cc1cc(C=CC(=O)O)cs1)C(=O)c1cccnc1. The van der Waals surface area contributed by atoms with Crippen LogP contribution in [-0.2, 0) is 11.3 Å². The molecular weight excluding hydrogens is 288 g/mol. The molecule has 2 heterocycles. The summed E-state index contributed by atoms with van der Waals surface area (Å²) in [5.74, 6) is -1.08. The molecule has 0 aromatic carbocycles. The van der Waals surface area contributed by atoms with Crippen LogP contribution in [0, 0.1) is 0 Å². The molecule has 1 N–H and O–H groups in total. The number of aromatic nitrogens is 1. The molecule has 0 atom stereocenters. The molecule has 2 rings (SSSR count). The second kappa shape index (κ2) is 6.81. The van der Waals surface area contributed by atoms with Crippen molar-refractivity contribution in [3.63, 3.8) is 0 Å². The molecule has 5 nitrogen and oxygen atoms in total. The van der Waals surface area contributed by atoms with Gasteiger partial charge in [0.05, 0.1) is 12.1 Å². The molecule has 0 unspecified atom stereocenters. The zero-order valence-corrected chi connectivity index (χ0v) is 12.2. The van der Waals surface area contributed by atoms with Crippen LogP contribution in [0.3, 0.4) is 0 Å². The monoisotopic (exact) mass is 302 g/mol. The van der Waals surface area contributed by atoms with Crippen LogP contribution in [0.15, 0.2) is 42.0 Å². The molecule has 0 aliphatic heterocycles. The molecule has 6 heteroatoms. The lowest BCUT2D eigenvalue weighted by Crippen LogP contribution is -2.25. The molecule has 0 spiro atoms. The maximum Gasteiger partial charge on any atom is 0.328 e. The van der Waals surface area contributed by atoms with Gasteiger partial charge in [-0.25, -0.2) is 4.79 Å². The van der Waals surface area contributed by atoms with Crippen molar-refractivity contribution in [3.05, 3.63) is 58.1 Å². The van der Waals surface area contributed by atoms with Crippen LogP contribution in [0.1, 0.15) is 20.8 Å². The van der Waals surface area contributed by atoms with Gasteiger partial charge in [-0.15, -0.1) is 11.3 Å². The quantitative estimate of drug-likeness (QED) is 0.862. The van der Waals surface area contributed by atoms with E-state index in [0.717, 1.165) is 16.5 Å². The summed E-state index contributed by atoms with van der Waals surface area (Å²) in [6.45, 7) is 0.472. The van der Waals surface area contributed by atoms with E-state index in [1.165, 1.54) is 23.6 Å². The lowest BCUT2D eigenvalue weighted by atomic mass is 10.2. The van der Waals surface area contributed by atoms with Crippen LogP contribution in [0.4, 0.5) is 0 Å². The first-order valence-electron chi connectivity index (χ1n) is 6.20. The number of carbonyl (C=O) groups is 2. The maximum atomic E-state index is 12.2. The molecule has 0 bridgehead atoms. The zero-order chi connectivity index (χ0) is 15.2. The van der Waals surface area contributed by atoms with E-state index >= 15 is 0 Å². The molecular formula is C15H14N2O3S. The van der Waals surface area contributed by atoms with Gasteiger partial charge in [-0.1, -0.05) is 0 Å². The number of carboxylic acid groups (broad SMARTS) is 1. The topological polar surface area (TPSA) is 70.5 Å². The fourth-order valence-corrected chi connectivity index (χ4v) is 2.66. The third-order valence-electron chi connectivity index (χ3n) is 2.74. The number of aliphatic carboxylic acids is 1. The molecule has 0 fully saturated rings. The van der Waals surface area contributed by atoms with Gasteiger partial charge in [-0.05, 0) is 35.2 Å². The van der Waals surface area contributed by atoms with E-state index in [1.54, 1.807) is 30.3 Å². The van der Waals surface area contributed by atoms with Crippen molar-refractivity contribution in [1.29, 1.82) is 0 Å². The number of thiophene rings is 1. The average molecular weight is 302 g/mol. The highest BCUT2D eigenvalue weighted by atomic mass is 32.1. The first-order chi connectivity index (χ1) is 10.1. The number of amides is 1. The molecule has 21 heavy (non-hydrogen) atoms. The first-order valence-corrected chi connectivity index (χ1v) is 7.08. The Bertz CT molecular complexity index is 665. The summed E-state index contributed by atoms with van der Waals surface area (Å²) in [5.41, 5.74) is 1.36. The Hall–Kier alpha value is -2.47. The van der Waals surface area contributed by atoms with Crippen molar-refractivity contribution in [2.45, 2.75) is 6.54 Å². The molecule has 108 valence electrons.